The van der Waals surface area contributed by atoms with Crippen LogP contribution in [0.15, 0.2) is 97.2 Å². The summed E-state index contributed by atoms with van der Waals surface area (Å²) in [6.45, 7) is 4.44. The van der Waals surface area contributed by atoms with E-state index in [1.165, 1.54) is 77.0 Å². The van der Waals surface area contributed by atoms with Gasteiger partial charge in [-0.05, 0) is 77.0 Å². The number of likely N-dealkylation sites (N-methyl/N-ethyl adjacent to an activating group) is 1. The molecule has 0 radical (unpaired) electrons. The average molecular weight is 893 g/mol. The monoisotopic (exact) mass is 893 g/mol. The van der Waals surface area contributed by atoms with E-state index < -0.39 is 18.1 Å². The maximum Gasteiger partial charge on any atom is 0.362 e. The van der Waals surface area contributed by atoms with Crippen molar-refractivity contribution in [2.45, 2.75) is 199 Å². The molecule has 0 bridgehead atoms. The first-order chi connectivity index (χ1) is 31.1. The highest BCUT2D eigenvalue weighted by Crippen LogP contribution is 2.15. The number of esters is 2. The molecule has 364 valence electrons. The van der Waals surface area contributed by atoms with Crippen LogP contribution in [0.25, 0.3) is 0 Å². The quantitative estimate of drug-likeness (QED) is 0.0281. The van der Waals surface area contributed by atoms with Gasteiger partial charge in [0, 0.05) is 19.3 Å². The summed E-state index contributed by atoms with van der Waals surface area (Å²) in [5.74, 6) is -1.58. The summed E-state index contributed by atoms with van der Waals surface area (Å²) in [6, 6.07) is -0.633. The minimum Gasteiger partial charge on any atom is -0.477 e. The van der Waals surface area contributed by atoms with Crippen LogP contribution in [0.4, 0.5) is 0 Å². The largest absolute Gasteiger partial charge is 0.477 e. The number of carbonyl (C=O) groups is 3. The highest BCUT2D eigenvalue weighted by molar-refractivity contribution is 5.72. The van der Waals surface area contributed by atoms with Crippen molar-refractivity contribution in [1.82, 2.24) is 0 Å². The first kappa shape index (κ1) is 60.2. The van der Waals surface area contributed by atoms with Crippen molar-refractivity contribution in [2.75, 3.05) is 41.0 Å². The fourth-order valence-electron chi connectivity index (χ4n) is 6.92. The lowest BCUT2D eigenvalue weighted by Crippen LogP contribution is -2.50. The second-order valence-electron chi connectivity index (χ2n) is 17.7. The van der Waals surface area contributed by atoms with Gasteiger partial charge in [0.25, 0.3) is 0 Å². The minimum absolute atomic E-state index is 0.0260. The van der Waals surface area contributed by atoms with Gasteiger partial charge in [0.2, 0.25) is 0 Å². The molecule has 0 saturated heterocycles. The Morgan fingerprint density at radius 3 is 1.28 bits per heavy atom. The van der Waals surface area contributed by atoms with Crippen LogP contribution >= 0.6 is 0 Å². The Bertz CT molecular complexity index is 1360. The Labute approximate surface area is 392 Å². The second-order valence-corrected chi connectivity index (χ2v) is 17.7. The Morgan fingerprint density at radius 1 is 0.469 bits per heavy atom. The number of allylic oxidation sites excluding steroid dienone is 16. The molecule has 1 N–H and O–H groups in total. The van der Waals surface area contributed by atoms with E-state index in [4.69, 9.17) is 14.2 Å². The van der Waals surface area contributed by atoms with E-state index in [-0.39, 0.29) is 42.7 Å². The number of nitrogens with zero attached hydrogens (tertiary/aromatic N) is 1. The van der Waals surface area contributed by atoms with Crippen LogP contribution in [0, 0.1) is 0 Å². The molecule has 0 amide bonds. The minimum atomic E-state index is -0.889. The first-order valence-electron chi connectivity index (χ1n) is 25.3. The molecule has 0 aliphatic rings. The Hall–Kier alpha value is -3.75. The molecule has 0 rings (SSSR count). The lowest BCUT2D eigenvalue weighted by atomic mass is 10.0. The Balaban J connectivity index is 4.35. The van der Waals surface area contributed by atoms with Gasteiger partial charge in [0.1, 0.15) is 6.61 Å². The molecule has 0 aromatic carbocycles. The molecular weight excluding hydrogens is 799 g/mol. The average Bonchev–Trinajstić information content (AvgIpc) is 3.26. The molecule has 2 atom stereocenters. The Kier molecular flexibility index (Phi) is 43.1. The van der Waals surface area contributed by atoms with Crippen molar-refractivity contribution >= 4 is 17.9 Å². The first-order valence-corrected chi connectivity index (χ1v) is 25.3. The summed E-state index contributed by atoms with van der Waals surface area (Å²) >= 11 is 0. The Morgan fingerprint density at radius 2 is 0.859 bits per heavy atom. The smallest absolute Gasteiger partial charge is 0.362 e. The molecule has 0 aliphatic carbocycles. The van der Waals surface area contributed by atoms with E-state index in [0.717, 1.165) is 70.6 Å². The van der Waals surface area contributed by atoms with E-state index in [1.54, 1.807) is 0 Å². The van der Waals surface area contributed by atoms with Crippen molar-refractivity contribution < 1.29 is 38.2 Å². The molecule has 8 nitrogen and oxygen atoms in total. The molecule has 8 heteroatoms. The second kappa shape index (κ2) is 45.8. The molecule has 0 saturated carbocycles. The number of aliphatic carboxylic acids is 1. The van der Waals surface area contributed by atoms with Crippen LogP contribution in [-0.4, -0.2) is 80.6 Å². The van der Waals surface area contributed by atoms with Crippen LogP contribution < -0.4 is 0 Å². The maximum absolute atomic E-state index is 12.7. The predicted octanol–water partition coefficient (Wildman–Crippen LogP) is 14.6. The molecular formula is C56H94NO7+. The van der Waals surface area contributed by atoms with E-state index in [1.807, 2.05) is 33.3 Å². The van der Waals surface area contributed by atoms with Gasteiger partial charge in [-0.1, -0.05) is 188 Å². The fraction of sp³-hybridized carbons (Fsp3) is 0.661. The zero-order valence-electron chi connectivity index (χ0n) is 41.4. The topological polar surface area (TPSA) is 99.1 Å². The van der Waals surface area contributed by atoms with Crippen LogP contribution in [0.3, 0.4) is 0 Å². The van der Waals surface area contributed by atoms with E-state index in [9.17, 15) is 19.5 Å². The van der Waals surface area contributed by atoms with Crippen LogP contribution in [0.2, 0.25) is 0 Å². The number of quaternary nitrogens is 1. The van der Waals surface area contributed by atoms with Crippen molar-refractivity contribution in [1.29, 1.82) is 0 Å². The van der Waals surface area contributed by atoms with Gasteiger partial charge in [-0.2, -0.15) is 0 Å². The van der Waals surface area contributed by atoms with Gasteiger partial charge in [0.15, 0.2) is 12.1 Å². The molecule has 0 aliphatic heterocycles. The number of hydrogen-bond donors (Lipinski definition) is 1. The number of rotatable bonds is 44. The molecule has 64 heavy (non-hydrogen) atoms. The van der Waals surface area contributed by atoms with Crippen LogP contribution in [0.1, 0.15) is 187 Å². The highest BCUT2D eigenvalue weighted by Gasteiger charge is 2.31. The number of unbranched alkanes of at least 4 members (excludes halogenated alkanes) is 14. The van der Waals surface area contributed by atoms with Crippen molar-refractivity contribution in [3.63, 3.8) is 0 Å². The fourth-order valence-corrected chi connectivity index (χ4v) is 6.92. The molecule has 0 aromatic heterocycles. The van der Waals surface area contributed by atoms with Gasteiger partial charge in [0.05, 0.1) is 34.4 Å². The van der Waals surface area contributed by atoms with Gasteiger partial charge < -0.3 is 23.8 Å². The summed E-state index contributed by atoms with van der Waals surface area (Å²) in [7, 11) is 5.50. The summed E-state index contributed by atoms with van der Waals surface area (Å²) in [5, 5.41) is 9.65. The van der Waals surface area contributed by atoms with Gasteiger partial charge in [-0.15, -0.1) is 0 Å². The van der Waals surface area contributed by atoms with Crippen LogP contribution in [0.5, 0.6) is 0 Å². The predicted molar refractivity (Wildman–Crippen MR) is 270 cm³/mol. The number of carboxylic acids is 1. The molecule has 0 heterocycles. The lowest BCUT2D eigenvalue weighted by molar-refractivity contribution is -0.887. The van der Waals surface area contributed by atoms with Crippen LogP contribution in [-0.2, 0) is 28.6 Å². The van der Waals surface area contributed by atoms with Gasteiger partial charge in [-0.3, -0.25) is 9.59 Å². The zero-order valence-corrected chi connectivity index (χ0v) is 41.4. The third-order valence-electron chi connectivity index (χ3n) is 10.7. The van der Waals surface area contributed by atoms with E-state index in [2.05, 4.69) is 98.9 Å². The maximum atomic E-state index is 12.7. The number of carbonyl (C=O) groups excluding carboxylic acids is 2. The highest BCUT2D eigenvalue weighted by atomic mass is 16.6. The molecule has 0 aromatic rings. The number of hydrogen-bond acceptors (Lipinski definition) is 6. The van der Waals surface area contributed by atoms with Crippen molar-refractivity contribution in [2.24, 2.45) is 0 Å². The summed E-state index contributed by atoms with van der Waals surface area (Å²) < 4.78 is 17.3. The van der Waals surface area contributed by atoms with E-state index in [0.29, 0.717) is 19.3 Å². The molecule has 0 fully saturated rings. The summed E-state index contributed by atoms with van der Waals surface area (Å²) in [6.07, 6.45) is 61.9. The molecule has 2 unspecified atom stereocenters. The zero-order chi connectivity index (χ0) is 47.0. The van der Waals surface area contributed by atoms with Crippen molar-refractivity contribution in [3.8, 4) is 0 Å². The third kappa shape index (κ3) is 43.5. The third-order valence-corrected chi connectivity index (χ3v) is 10.7. The number of ether oxygens (including phenoxy) is 3. The summed E-state index contributed by atoms with van der Waals surface area (Å²) in [5.41, 5.74) is 0. The summed E-state index contributed by atoms with van der Waals surface area (Å²) in [4.78, 5) is 37.1. The normalized spacial score (nSPS) is 13.7. The SMILES string of the molecule is CC/C=C/C/C=C/C/C=C/C/C=C/C/C=C/C/C=C/CCC(=O)OC(COCCC(C(=O)O)[N+](C)(C)C)COC(=O)CCCCCCCCCCCCCCCC/C=C/C/C=C/CC. The molecule has 0 spiro atoms. The standard InChI is InChI=1S/C56H93NO7/c1-6-8-10-12-14-16-18-20-22-24-26-27-29-30-32-34-36-38-40-42-44-46-54(58)63-51-52(50-62-49-48-53(56(60)61)57(3,4)5)64-55(59)47-45-43-41-39-37-35-33-31-28-25-23-21-19-17-15-13-11-9-7-2/h8-11,14-17,21,23,28,31,35,37,41,43,52-53H,6-7,12-13,18-20,22,24-27,29-30,32-34,36,38-40,42,44-51H2,1-5H3/p+1/b10-8+,11-9+,16-14+,17-15+,23-21+,31-28+,37-35+,43-41+. The van der Waals surface area contributed by atoms with Gasteiger partial charge >= 0.3 is 17.9 Å². The van der Waals surface area contributed by atoms with Gasteiger partial charge in [-0.25, -0.2) is 4.79 Å². The number of carboxylic acid groups (broad SMARTS) is 1. The lowest BCUT2D eigenvalue weighted by Gasteiger charge is -2.31. The van der Waals surface area contributed by atoms with E-state index >= 15 is 0 Å². The van der Waals surface area contributed by atoms with Crippen molar-refractivity contribution in [3.05, 3.63) is 97.2 Å².